The van der Waals surface area contributed by atoms with Crippen molar-refractivity contribution in [3.63, 3.8) is 0 Å². The molecule has 0 bridgehead atoms. The summed E-state index contributed by atoms with van der Waals surface area (Å²) in [6.45, 7) is 1.60. The molecule has 4 nitrogen and oxygen atoms in total. The number of nitrogens with zero attached hydrogens (tertiary/aromatic N) is 1. The van der Waals surface area contributed by atoms with Gasteiger partial charge in [0.05, 0.1) is 6.54 Å². The van der Waals surface area contributed by atoms with E-state index in [-0.39, 0.29) is 5.56 Å². The van der Waals surface area contributed by atoms with E-state index in [1.165, 1.54) is 0 Å². The molecule has 0 atom stereocenters. The third-order valence-electron chi connectivity index (χ3n) is 2.88. The molecule has 0 fully saturated rings. The second-order valence-electron chi connectivity index (χ2n) is 4.23. The summed E-state index contributed by atoms with van der Waals surface area (Å²) in [6, 6.07) is 13.0. The Kier molecular flexibility index (Phi) is 4.75. The zero-order chi connectivity index (χ0) is 13.5. The Labute approximate surface area is 112 Å². The maximum Gasteiger partial charge on any atom is 0.250 e. The molecule has 0 unspecified atom stereocenters. The highest BCUT2D eigenvalue weighted by molar-refractivity contribution is 5.33. The molecule has 0 amide bonds. The van der Waals surface area contributed by atoms with Crippen molar-refractivity contribution in [3.05, 3.63) is 64.6 Å². The minimum Gasteiger partial charge on any atom is -0.491 e. The molecule has 1 heterocycles. The van der Waals surface area contributed by atoms with Crippen LogP contribution in [0.3, 0.4) is 0 Å². The van der Waals surface area contributed by atoms with Gasteiger partial charge in [-0.15, -0.1) is 0 Å². The lowest BCUT2D eigenvalue weighted by molar-refractivity contribution is 0.293. The Morgan fingerprint density at radius 3 is 2.68 bits per heavy atom. The standard InChI is InChI=1S/C15H18N2O2/c16-9-8-13-5-1-2-6-14(13)19-12-11-17-10-4-3-7-15(17)18/h1-7,10H,8-9,11-12,16H2. The number of hydrogen-bond acceptors (Lipinski definition) is 3. The van der Waals surface area contributed by atoms with E-state index in [9.17, 15) is 4.79 Å². The normalized spacial score (nSPS) is 10.4. The first kappa shape index (κ1) is 13.4. The molecule has 100 valence electrons. The van der Waals surface area contributed by atoms with E-state index in [2.05, 4.69) is 0 Å². The van der Waals surface area contributed by atoms with Crippen molar-refractivity contribution in [1.82, 2.24) is 4.57 Å². The summed E-state index contributed by atoms with van der Waals surface area (Å²) < 4.78 is 7.36. The largest absolute Gasteiger partial charge is 0.491 e. The molecule has 2 rings (SSSR count). The smallest absolute Gasteiger partial charge is 0.250 e. The Morgan fingerprint density at radius 2 is 1.89 bits per heavy atom. The zero-order valence-electron chi connectivity index (χ0n) is 10.8. The number of hydrogen-bond donors (Lipinski definition) is 1. The van der Waals surface area contributed by atoms with E-state index in [1.54, 1.807) is 22.9 Å². The SMILES string of the molecule is NCCc1ccccc1OCCn1ccccc1=O. The Hall–Kier alpha value is -2.07. The van der Waals surface area contributed by atoms with Crippen molar-refractivity contribution in [2.75, 3.05) is 13.2 Å². The number of aromatic nitrogens is 1. The van der Waals surface area contributed by atoms with E-state index < -0.39 is 0 Å². The maximum atomic E-state index is 11.5. The summed E-state index contributed by atoms with van der Waals surface area (Å²) in [5, 5.41) is 0. The van der Waals surface area contributed by atoms with Gasteiger partial charge < -0.3 is 15.0 Å². The van der Waals surface area contributed by atoms with Crippen LogP contribution in [0.15, 0.2) is 53.5 Å². The van der Waals surface area contributed by atoms with Crippen LogP contribution in [-0.4, -0.2) is 17.7 Å². The molecule has 1 aromatic heterocycles. The van der Waals surface area contributed by atoms with Crippen LogP contribution in [0.2, 0.25) is 0 Å². The predicted molar refractivity (Wildman–Crippen MR) is 75.4 cm³/mol. The summed E-state index contributed by atoms with van der Waals surface area (Å²) in [7, 11) is 0. The van der Waals surface area contributed by atoms with E-state index in [4.69, 9.17) is 10.5 Å². The number of benzene rings is 1. The van der Waals surface area contributed by atoms with Crippen molar-refractivity contribution < 1.29 is 4.74 Å². The van der Waals surface area contributed by atoms with Crippen LogP contribution in [-0.2, 0) is 13.0 Å². The molecular formula is C15H18N2O2. The summed E-state index contributed by atoms with van der Waals surface area (Å²) >= 11 is 0. The van der Waals surface area contributed by atoms with Gasteiger partial charge in [0, 0.05) is 12.3 Å². The van der Waals surface area contributed by atoms with Crippen LogP contribution < -0.4 is 16.0 Å². The molecule has 1 aromatic carbocycles. The Bertz CT molecular complexity index is 578. The maximum absolute atomic E-state index is 11.5. The number of pyridine rings is 1. The van der Waals surface area contributed by atoms with Crippen molar-refractivity contribution in [2.24, 2.45) is 5.73 Å². The molecule has 4 heteroatoms. The number of nitrogens with two attached hydrogens (primary N) is 1. The predicted octanol–water partition coefficient (Wildman–Crippen LogP) is 1.43. The van der Waals surface area contributed by atoms with Crippen molar-refractivity contribution >= 4 is 0 Å². The van der Waals surface area contributed by atoms with Gasteiger partial charge in [0.25, 0.3) is 5.56 Å². The first-order valence-electron chi connectivity index (χ1n) is 6.37. The second-order valence-corrected chi connectivity index (χ2v) is 4.23. The lowest BCUT2D eigenvalue weighted by Crippen LogP contribution is -2.21. The summed E-state index contributed by atoms with van der Waals surface area (Å²) in [4.78, 5) is 11.5. The minimum atomic E-state index is -0.0126. The quantitative estimate of drug-likeness (QED) is 0.852. The lowest BCUT2D eigenvalue weighted by Gasteiger charge is -2.11. The molecular weight excluding hydrogens is 240 g/mol. The van der Waals surface area contributed by atoms with E-state index >= 15 is 0 Å². The van der Waals surface area contributed by atoms with Gasteiger partial charge in [0.15, 0.2) is 0 Å². The fraction of sp³-hybridized carbons (Fsp3) is 0.267. The molecule has 0 saturated carbocycles. The van der Waals surface area contributed by atoms with Gasteiger partial charge in [-0.05, 0) is 30.7 Å². The van der Waals surface area contributed by atoms with Gasteiger partial charge in [0.2, 0.25) is 0 Å². The van der Waals surface area contributed by atoms with Crippen LogP contribution in [0.1, 0.15) is 5.56 Å². The first-order valence-corrected chi connectivity index (χ1v) is 6.37. The number of para-hydroxylation sites is 1. The van der Waals surface area contributed by atoms with Crippen LogP contribution in [0, 0.1) is 0 Å². The fourth-order valence-electron chi connectivity index (χ4n) is 1.91. The molecule has 0 spiro atoms. The van der Waals surface area contributed by atoms with Crippen LogP contribution >= 0.6 is 0 Å². The topological polar surface area (TPSA) is 57.2 Å². The third-order valence-corrected chi connectivity index (χ3v) is 2.88. The lowest BCUT2D eigenvalue weighted by atomic mass is 10.1. The number of rotatable bonds is 6. The highest BCUT2D eigenvalue weighted by Crippen LogP contribution is 2.17. The van der Waals surface area contributed by atoms with Gasteiger partial charge in [-0.3, -0.25) is 4.79 Å². The molecule has 0 aliphatic heterocycles. The molecule has 0 aliphatic carbocycles. The minimum absolute atomic E-state index is 0.0126. The summed E-state index contributed by atoms with van der Waals surface area (Å²) in [6.07, 6.45) is 2.55. The van der Waals surface area contributed by atoms with Gasteiger partial charge in [0.1, 0.15) is 12.4 Å². The van der Waals surface area contributed by atoms with Crippen molar-refractivity contribution in [1.29, 1.82) is 0 Å². The number of ether oxygens (including phenoxy) is 1. The molecule has 19 heavy (non-hydrogen) atoms. The average Bonchev–Trinajstić information content (AvgIpc) is 2.43. The summed E-state index contributed by atoms with van der Waals surface area (Å²) in [5.74, 6) is 0.844. The zero-order valence-corrected chi connectivity index (χ0v) is 10.8. The average molecular weight is 258 g/mol. The highest BCUT2D eigenvalue weighted by atomic mass is 16.5. The van der Waals surface area contributed by atoms with E-state index in [1.807, 2.05) is 30.3 Å². The van der Waals surface area contributed by atoms with Gasteiger partial charge in [-0.25, -0.2) is 0 Å². The molecule has 0 saturated heterocycles. The molecule has 0 radical (unpaired) electrons. The van der Waals surface area contributed by atoms with Crippen LogP contribution in [0.5, 0.6) is 5.75 Å². The molecule has 2 N–H and O–H groups in total. The van der Waals surface area contributed by atoms with E-state index in [0.29, 0.717) is 19.7 Å². The van der Waals surface area contributed by atoms with E-state index in [0.717, 1.165) is 17.7 Å². The monoisotopic (exact) mass is 258 g/mol. The summed E-state index contributed by atoms with van der Waals surface area (Å²) in [5.41, 5.74) is 6.66. The van der Waals surface area contributed by atoms with Crippen molar-refractivity contribution in [3.8, 4) is 5.75 Å². The molecule has 2 aromatic rings. The highest BCUT2D eigenvalue weighted by Gasteiger charge is 2.02. The second kappa shape index (κ2) is 6.75. The fourth-order valence-corrected chi connectivity index (χ4v) is 1.91. The van der Waals surface area contributed by atoms with Gasteiger partial charge in [-0.1, -0.05) is 24.3 Å². The van der Waals surface area contributed by atoms with Crippen LogP contribution in [0.25, 0.3) is 0 Å². The third kappa shape index (κ3) is 3.69. The molecule has 0 aliphatic rings. The first-order chi connectivity index (χ1) is 9.31. The van der Waals surface area contributed by atoms with Gasteiger partial charge >= 0.3 is 0 Å². The Morgan fingerprint density at radius 1 is 1.11 bits per heavy atom. The van der Waals surface area contributed by atoms with Crippen LogP contribution in [0.4, 0.5) is 0 Å². The Balaban J connectivity index is 1.96. The van der Waals surface area contributed by atoms with Gasteiger partial charge in [-0.2, -0.15) is 0 Å². The van der Waals surface area contributed by atoms with Crippen molar-refractivity contribution in [2.45, 2.75) is 13.0 Å².